The van der Waals surface area contributed by atoms with Gasteiger partial charge in [-0.15, -0.1) is 21.5 Å². The topological polar surface area (TPSA) is 43.1 Å². The quantitative estimate of drug-likeness (QED) is 0.519. The second kappa shape index (κ2) is 4.89. The Kier molecular flexibility index (Phi) is 2.98. The summed E-state index contributed by atoms with van der Waals surface area (Å²) in [6.07, 6.45) is 0. The van der Waals surface area contributed by atoms with E-state index in [4.69, 9.17) is 0 Å². The van der Waals surface area contributed by atoms with Crippen LogP contribution >= 0.6 is 22.7 Å². The number of rotatable bonds is 2. The van der Waals surface area contributed by atoms with E-state index in [0.717, 1.165) is 28.3 Å². The van der Waals surface area contributed by atoms with Crippen LogP contribution in [0.4, 0.5) is 13.2 Å². The van der Waals surface area contributed by atoms with Crippen LogP contribution < -0.4 is 0 Å². The Bertz CT molecular complexity index is 975. The molecule has 3 aromatic heterocycles. The van der Waals surface area contributed by atoms with Gasteiger partial charge in [-0.05, 0) is 23.6 Å². The van der Waals surface area contributed by atoms with Gasteiger partial charge in [0.15, 0.2) is 28.3 Å². The minimum atomic E-state index is -1.51. The summed E-state index contributed by atoms with van der Waals surface area (Å²) >= 11 is 2.52. The Balaban J connectivity index is 1.89. The van der Waals surface area contributed by atoms with Crippen LogP contribution in [-0.4, -0.2) is 19.8 Å². The van der Waals surface area contributed by atoms with Gasteiger partial charge in [0, 0.05) is 0 Å². The summed E-state index contributed by atoms with van der Waals surface area (Å²) in [5, 5.41) is 14.3. The van der Waals surface area contributed by atoms with E-state index in [1.807, 2.05) is 17.5 Å². The lowest BCUT2D eigenvalue weighted by molar-refractivity contribution is 0.449. The van der Waals surface area contributed by atoms with E-state index >= 15 is 0 Å². The highest BCUT2D eigenvalue weighted by molar-refractivity contribution is 7.19. The van der Waals surface area contributed by atoms with Crippen molar-refractivity contribution in [2.75, 3.05) is 0 Å². The molecule has 0 atom stereocenters. The van der Waals surface area contributed by atoms with Gasteiger partial charge in [0.25, 0.3) is 0 Å². The number of thiophene rings is 1. The van der Waals surface area contributed by atoms with Crippen molar-refractivity contribution in [3.05, 3.63) is 47.1 Å². The third-order valence-electron chi connectivity index (χ3n) is 3.00. The van der Waals surface area contributed by atoms with E-state index in [9.17, 15) is 13.2 Å². The van der Waals surface area contributed by atoms with Gasteiger partial charge in [-0.25, -0.2) is 13.2 Å². The summed E-state index contributed by atoms with van der Waals surface area (Å²) in [5.41, 5.74) is -0.105. The van der Waals surface area contributed by atoms with E-state index in [2.05, 4.69) is 15.3 Å². The van der Waals surface area contributed by atoms with Gasteiger partial charge in [-0.2, -0.15) is 9.61 Å². The molecule has 0 amide bonds. The lowest BCUT2D eigenvalue weighted by Gasteiger charge is -2.00. The van der Waals surface area contributed by atoms with Crippen molar-refractivity contribution in [3.8, 4) is 21.3 Å². The molecule has 0 aliphatic heterocycles. The normalized spacial score (nSPS) is 11.4. The molecule has 0 bridgehead atoms. The molecular formula is C13H5F3N4S2. The van der Waals surface area contributed by atoms with Crippen LogP contribution in [0, 0.1) is 17.5 Å². The van der Waals surface area contributed by atoms with E-state index in [0.29, 0.717) is 10.8 Å². The van der Waals surface area contributed by atoms with Gasteiger partial charge < -0.3 is 0 Å². The first kappa shape index (κ1) is 13.4. The average Bonchev–Trinajstić information content (AvgIpc) is 3.20. The third kappa shape index (κ3) is 1.93. The molecule has 9 heteroatoms. The maximum absolute atomic E-state index is 13.9. The first-order chi connectivity index (χ1) is 10.6. The zero-order valence-corrected chi connectivity index (χ0v) is 12.3. The highest BCUT2D eigenvalue weighted by Crippen LogP contribution is 2.32. The highest BCUT2D eigenvalue weighted by atomic mass is 32.1. The summed E-state index contributed by atoms with van der Waals surface area (Å²) < 4.78 is 41.7. The zero-order chi connectivity index (χ0) is 15.3. The molecule has 0 spiro atoms. The summed E-state index contributed by atoms with van der Waals surface area (Å²) in [7, 11) is 0. The van der Waals surface area contributed by atoms with Crippen molar-refractivity contribution in [2.45, 2.75) is 0 Å². The van der Waals surface area contributed by atoms with E-state index in [-0.39, 0.29) is 10.6 Å². The van der Waals surface area contributed by atoms with Gasteiger partial charge in [-0.3, -0.25) is 0 Å². The largest absolute Gasteiger partial charge is 0.235 e. The third-order valence-corrected chi connectivity index (χ3v) is 4.80. The molecule has 1 aromatic carbocycles. The Morgan fingerprint density at radius 1 is 1.00 bits per heavy atom. The van der Waals surface area contributed by atoms with Gasteiger partial charge >= 0.3 is 0 Å². The van der Waals surface area contributed by atoms with Crippen molar-refractivity contribution < 1.29 is 13.2 Å². The van der Waals surface area contributed by atoms with Crippen molar-refractivity contribution in [2.24, 2.45) is 0 Å². The Hall–Kier alpha value is -2.26. The van der Waals surface area contributed by atoms with Crippen LogP contribution in [0.2, 0.25) is 0 Å². The van der Waals surface area contributed by atoms with E-state index < -0.39 is 17.5 Å². The van der Waals surface area contributed by atoms with Crippen LogP contribution in [-0.2, 0) is 0 Å². The SMILES string of the molecule is Fc1ccc(-c2nn3c(-c4cccs4)nnc3s2)c(F)c1F. The van der Waals surface area contributed by atoms with E-state index in [1.165, 1.54) is 15.9 Å². The standard InChI is InChI=1S/C13H5F3N4S2/c14-7-4-3-6(9(15)10(7)16)12-19-20-11(8-2-1-5-21-8)17-18-13(20)22-12/h1-5H. The average molecular weight is 338 g/mol. The fraction of sp³-hybridized carbons (Fsp3) is 0. The molecular weight excluding hydrogens is 333 g/mol. The van der Waals surface area contributed by atoms with Crippen LogP contribution in [0.5, 0.6) is 0 Å². The maximum atomic E-state index is 13.9. The van der Waals surface area contributed by atoms with Crippen LogP contribution in [0.1, 0.15) is 0 Å². The summed E-state index contributed by atoms with van der Waals surface area (Å²) in [6, 6.07) is 5.75. The van der Waals surface area contributed by atoms with Crippen LogP contribution in [0.3, 0.4) is 0 Å². The second-order valence-electron chi connectivity index (χ2n) is 4.33. The smallest absolute Gasteiger partial charge is 0.204 e. The first-order valence-electron chi connectivity index (χ1n) is 6.05. The Morgan fingerprint density at radius 2 is 1.86 bits per heavy atom. The molecule has 0 unspecified atom stereocenters. The fourth-order valence-electron chi connectivity index (χ4n) is 1.98. The Morgan fingerprint density at radius 3 is 2.64 bits per heavy atom. The van der Waals surface area contributed by atoms with Crippen LogP contribution in [0.15, 0.2) is 29.6 Å². The number of aromatic nitrogens is 4. The zero-order valence-electron chi connectivity index (χ0n) is 10.6. The number of hydrogen-bond donors (Lipinski definition) is 0. The monoisotopic (exact) mass is 338 g/mol. The molecule has 0 saturated heterocycles. The summed E-state index contributed by atoms with van der Waals surface area (Å²) in [6.45, 7) is 0. The van der Waals surface area contributed by atoms with Crippen LogP contribution in [0.25, 0.3) is 26.2 Å². The first-order valence-corrected chi connectivity index (χ1v) is 7.75. The molecule has 0 aliphatic rings. The van der Waals surface area contributed by atoms with Crippen molar-refractivity contribution in [1.29, 1.82) is 0 Å². The van der Waals surface area contributed by atoms with Gasteiger partial charge in [0.05, 0.1) is 10.4 Å². The number of nitrogens with zero attached hydrogens (tertiary/aromatic N) is 4. The van der Waals surface area contributed by atoms with Gasteiger partial charge in [0.2, 0.25) is 4.96 Å². The lowest BCUT2D eigenvalue weighted by Crippen LogP contribution is -1.95. The van der Waals surface area contributed by atoms with Gasteiger partial charge in [-0.1, -0.05) is 17.4 Å². The molecule has 110 valence electrons. The van der Waals surface area contributed by atoms with Crippen molar-refractivity contribution >= 4 is 27.6 Å². The van der Waals surface area contributed by atoms with Crippen molar-refractivity contribution in [1.82, 2.24) is 19.8 Å². The van der Waals surface area contributed by atoms with Gasteiger partial charge in [0.1, 0.15) is 0 Å². The second-order valence-corrected chi connectivity index (χ2v) is 6.23. The minimum absolute atomic E-state index is 0.105. The molecule has 3 heterocycles. The maximum Gasteiger partial charge on any atom is 0.235 e. The molecule has 4 aromatic rings. The summed E-state index contributed by atoms with van der Waals surface area (Å²) in [4.78, 5) is 1.30. The van der Waals surface area contributed by atoms with E-state index in [1.54, 1.807) is 0 Å². The number of fused-ring (bicyclic) bond motifs is 1. The molecule has 22 heavy (non-hydrogen) atoms. The molecule has 0 fully saturated rings. The summed E-state index contributed by atoms with van der Waals surface area (Å²) in [5.74, 6) is -3.48. The predicted molar refractivity (Wildman–Crippen MR) is 77.3 cm³/mol. The highest BCUT2D eigenvalue weighted by Gasteiger charge is 2.20. The number of benzene rings is 1. The molecule has 0 radical (unpaired) electrons. The lowest BCUT2D eigenvalue weighted by atomic mass is 10.2. The predicted octanol–water partition coefficient (Wildman–Crippen LogP) is 4.00. The minimum Gasteiger partial charge on any atom is -0.204 e. The fourth-order valence-corrected chi connectivity index (χ4v) is 3.53. The molecule has 0 saturated carbocycles. The number of hydrogen-bond acceptors (Lipinski definition) is 5. The molecule has 0 N–H and O–H groups in total. The molecule has 4 rings (SSSR count). The molecule has 4 nitrogen and oxygen atoms in total. The number of halogens is 3. The Labute approximate surface area is 129 Å². The van der Waals surface area contributed by atoms with Crippen molar-refractivity contribution in [3.63, 3.8) is 0 Å². The molecule has 0 aliphatic carbocycles.